The highest BCUT2D eigenvalue weighted by atomic mass is 127. The van der Waals surface area contributed by atoms with Gasteiger partial charge in [0, 0.05) is 45.2 Å². The molecular weight excluding hydrogens is 479 g/mol. The van der Waals surface area contributed by atoms with Crippen LogP contribution in [0.1, 0.15) is 51.0 Å². The molecule has 2 N–H and O–H groups in total. The number of nitrogens with one attached hydrogen (secondary N) is 2. The zero-order valence-corrected chi connectivity index (χ0v) is 20.2. The monoisotopic (exact) mass is 516 g/mol. The van der Waals surface area contributed by atoms with Crippen LogP contribution in [0.5, 0.6) is 0 Å². The summed E-state index contributed by atoms with van der Waals surface area (Å²) in [4.78, 5) is 18.3. The normalized spacial score (nSPS) is 15.4. The zero-order chi connectivity index (χ0) is 20.0. The first-order valence-corrected chi connectivity index (χ1v) is 10.6. The molecular formula is C22H37IN4O2. The molecule has 0 unspecified atom stereocenters. The van der Waals surface area contributed by atoms with Gasteiger partial charge in [-0.2, -0.15) is 0 Å². The predicted molar refractivity (Wildman–Crippen MR) is 130 cm³/mol. The van der Waals surface area contributed by atoms with Crippen molar-refractivity contribution in [1.29, 1.82) is 0 Å². The van der Waals surface area contributed by atoms with Crippen LogP contribution in [-0.2, 0) is 16.1 Å². The molecule has 7 heteroatoms. The Hall–Kier alpha value is -1.35. The van der Waals surface area contributed by atoms with Gasteiger partial charge in [-0.1, -0.05) is 36.8 Å². The van der Waals surface area contributed by atoms with E-state index < -0.39 is 0 Å². The van der Waals surface area contributed by atoms with E-state index in [1.54, 1.807) is 0 Å². The van der Waals surface area contributed by atoms with Crippen LogP contribution in [-0.4, -0.2) is 56.2 Å². The molecule has 0 amide bonds. The minimum Gasteiger partial charge on any atom is -0.469 e. The lowest BCUT2D eigenvalue weighted by Gasteiger charge is -2.33. The van der Waals surface area contributed by atoms with E-state index >= 15 is 0 Å². The molecule has 29 heavy (non-hydrogen) atoms. The number of hydrogen-bond acceptors (Lipinski definition) is 4. The third-order valence-corrected chi connectivity index (χ3v) is 5.06. The fourth-order valence-corrected chi connectivity index (χ4v) is 3.44. The lowest BCUT2D eigenvalue weighted by Crippen LogP contribution is -2.48. The van der Waals surface area contributed by atoms with Crippen LogP contribution in [0.2, 0.25) is 0 Å². The van der Waals surface area contributed by atoms with E-state index in [4.69, 9.17) is 4.99 Å². The molecule has 0 saturated carbocycles. The molecule has 1 aromatic carbocycles. The number of aliphatic imine (C=N–C) groups is 1. The Kier molecular flexibility index (Phi) is 13.7. The number of nitrogens with zero attached hydrogens (tertiary/aromatic N) is 2. The standard InChI is InChI=1S/C22H36N4O2.HI/c1-3-23-22(24-15-9-5-8-12-21(27)28-2)25-20-13-16-26(17-14-20)18-19-10-6-4-7-11-19;/h4,6-7,10-11,20H,3,5,8-9,12-18H2,1-2H3,(H2,23,24,25);1H. The maximum atomic E-state index is 11.1. The Bertz CT molecular complexity index is 590. The summed E-state index contributed by atoms with van der Waals surface area (Å²) in [5.41, 5.74) is 1.39. The molecule has 1 fully saturated rings. The molecule has 0 bridgehead atoms. The summed E-state index contributed by atoms with van der Waals surface area (Å²) in [6, 6.07) is 11.2. The summed E-state index contributed by atoms with van der Waals surface area (Å²) in [7, 11) is 1.44. The molecule has 1 heterocycles. The topological polar surface area (TPSA) is 66.0 Å². The molecule has 2 rings (SSSR count). The largest absolute Gasteiger partial charge is 0.469 e. The van der Waals surface area contributed by atoms with Gasteiger partial charge in [0.15, 0.2) is 5.96 Å². The first-order valence-electron chi connectivity index (χ1n) is 10.6. The van der Waals surface area contributed by atoms with Gasteiger partial charge in [0.1, 0.15) is 0 Å². The second-order valence-electron chi connectivity index (χ2n) is 7.33. The maximum absolute atomic E-state index is 11.1. The molecule has 0 aliphatic carbocycles. The van der Waals surface area contributed by atoms with E-state index in [-0.39, 0.29) is 29.9 Å². The number of benzene rings is 1. The van der Waals surface area contributed by atoms with Crippen molar-refractivity contribution in [2.75, 3.05) is 33.3 Å². The minimum absolute atomic E-state index is 0. The lowest BCUT2D eigenvalue weighted by atomic mass is 10.0. The van der Waals surface area contributed by atoms with Crippen LogP contribution in [0.3, 0.4) is 0 Å². The molecule has 1 aliphatic rings. The zero-order valence-electron chi connectivity index (χ0n) is 17.9. The van der Waals surface area contributed by atoms with Gasteiger partial charge in [-0.3, -0.25) is 14.7 Å². The number of unbranched alkanes of at least 4 members (excludes halogenated alkanes) is 2. The third kappa shape index (κ3) is 10.8. The number of rotatable bonds is 10. The van der Waals surface area contributed by atoms with Crippen LogP contribution < -0.4 is 10.6 Å². The smallest absolute Gasteiger partial charge is 0.305 e. The molecule has 0 radical (unpaired) electrons. The quantitative estimate of drug-likeness (QED) is 0.164. The van der Waals surface area contributed by atoms with Crippen LogP contribution in [0.4, 0.5) is 0 Å². The van der Waals surface area contributed by atoms with E-state index in [0.717, 1.165) is 70.8 Å². The predicted octanol–water partition coefficient (Wildman–Crippen LogP) is 3.56. The lowest BCUT2D eigenvalue weighted by molar-refractivity contribution is -0.140. The number of likely N-dealkylation sites (tertiary alicyclic amines) is 1. The van der Waals surface area contributed by atoms with Gasteiger partial charge in [0.05, 0.1) is 7.11 Å². The molecule has 164 valence electrons. The van der Waals surface area contributed by atoms with E-state index in [1.165, 1.54) is 12.7 Å². The highest BCUT2D eigenvalue weighted by Crippen LogP contribution is 2.13. The van der Waals surface area contributed by atoms with E-state index in [9.17, 15) is 4.79 Å². The summed E-state index contributed by atoms with van der Waals surface area (Å²) >= 11 is 0. The molecule has 1 aromatic rings. The summed E-state index contributed by atoms with van der Waals surface area (Å²) in [6.07, 6.45) is 5.62. The van der Waals surface area contributed by atoms with Gasteiger partial charge >= 0.3 is 5.97 Å². The molecule has 0 atom stereocenters. The highest BCUT2D eigenvalue weighted by molar-refractivity contribution is 14.0. The average molecular weight is 516 g/mol. The number of methoxy groups -OCH3 is 1. The first kappa shape index (κ1) is 25.7. The molecule has 0 aromatic heterocycles. The Morgan fingerprint density at radius 2 is 1.90 bits per heavy atom. The van der Waals surface area contributed by atoms with Crippen molar-refractivity contribution in [3.05, 3.63) is 35.9 Å². The van der Waals surface area contributed by atoms with Crippen LogP contribution in [0.15, 0.2) is 35.3 Å². The first-order chi connectivity index (χ1) is 13.7. The van der Waals surface area contributed by atoms with Crippen molar-refractivity contribution in [1.82, 2.24) is 15.5 Å². The Morgan fingerprint density at radius 1 is 1.17 bits per heavy atom. The highest BCUT2D eigenvalue weighted by Gasteiger charge is 2.19. The maximum Gasteiger partial charge on any atom is 0.305 e. The molecule has 6 nitrogen and oxygen atoms in total. The van der Waals surface area contributed by atoms with Crippen molar-refractivity contribution in [2.45, 2.75) is 58.0 Å². The number of carbonyl (C=O) groups excluding carboxylic acids is 1. The second kappa shape index (κ2) is 15.5. The molecule has 0 spiro atoms. The minimum atomic E-state index is -0.128. The van der Waals surface area contributed by atoms with Crippen molar-refractivity contribution >= 4 is 35.9 Å². The average Bonchev–Trinajstić information content (AvgIpc) is 2.72. The summed E-state index contributed by atoms with van der Waals surface area (Å²) < 4.78 is 4.66. The van der Waals surface area contributed by atoms with Gasteiger partial charge in [-0.05, 0) is 38.2 Å². The molecule has 1 saturated heterocycles. The fraction of sp³-hybridized carbons (Fsp3) is 0.636. The van der Waals surface area contributed by atoms with Crippen LogP contribution >= 0.6 is 24.0 Å². The van der Waals surface area contributed by atoms with Gasteiger partial charge in [0.2, 0.25) is 0 Å². The summed E-state index contributed by atoms with van der Waals surface area (Å²) in [5, 5.41) is 6.95. The molecule has 1 aliphatic heterocycles. The number of ether oxygens (including phenoxy) is 1. The van der Waals surface area contributed by atoms with E-state index in [2.05, 4.69) is 57.5 Å². The Morgan fingerprint density at radius 3 is 2.55 bits per heavy atom. The van der Waals surface area contributed by atoms with E-state index in [1.807, 2.05) is 0 Å². The summed E-state index contributed by atoms with van der Waals surface area (Å²) in [6.45, 7) is 6.99. The number of halogens is 1. The van der Waals surface area contributed by atoms with Crippen molar-refractivity contribution < 1.29 is 9.53 Å². The Balaban J connectivity index is 0.00000420. The van der Waals surface area contributed by atoms with Crippen LogP contribution in [0.25, 0.3) is 0 Å². The summed E-state index contributed by atoms with van der Waals surface area (Å²) in [5.74, 6) is 0.786. The number of carbonyl (C=O) groups is 1. The van der Waals surface area contributed by atoms with Gasteiger partial charge in [-0.15, -0.1) is 24.0 Å². The van der Waals surface area contributed by atoms with Crippen molar-refractivity contribution in [3.63, 3.8) is 0 Å². The van der Waals surface area contributed by atoms with Gasteiger partial charge in [-0.25, -0.2) is 0 Å². The third-order valence-electron chi connectivity index (χ3n) is 5.06. The van der Waals surface area contributed by atoms with Gasteiger partial charge in [0.25, 0.3) is 0 Å². The Labute approximate surface area is 192 Å². The van der Waals surface area contributed by atoms with Crippen molar-refractivity contribution in [3.8, 4) is 0 Å². The number of hydrogen-bond donors (Lipinski definition) is 2. The number of guanidine groups is 1. The van der Waals surface area contributed by atoms with Gasteiger partial charge < -0.3 is 15.4 Å². The van der Waals surface area contributed by atoms with E-state index in [0.29, 0.717) is 12.5 Å². The van der Waals surface area contributed by atoms with Crippen molar-refractivity contribution in [2.24, 2.45) is 4.99 Å². The fourth-order valence-electron chi connectivity index (χ4n) is 3.44. The number of esters is 1. The van der Waals surface area contributed by atoms with Crippen LogP contribution in [0, 0.1) is 0 Å². The second-order valence-corrected chi connectivity index (χ2v) is 7.33. The number of piperidine rings is 1. The SMILES string of the molecule is CCNC(=NCCCCCC(=O)OC)NC1CCN(Cc2ccccc2)CC1.I.